The lowest BCUT2D eigenvalue weighted by molar-refractivity contribution is 1.08. The highest BCUT2D eigenvalue weighted by Gasteiger charge is 2.16. The maximum atomic E-state index is 5.27. The van der Waals surface area contributed by atoms with E-state index in [-0.39, 0.29) is 0 Å². The molecule has 4 heteroatoms. The second-order valence-corrected chi connectivity index (χ2v) is 14.3. The maximum absolute atomic E-state index is 5.27. The molecule has 0 aliphatic heterocycles. The topological polar surface area (TPSA) is 51.6 Å². The molecule has 0 unspecified atom stereocenters. The van der Waals surface area contributed by atoms with Gasteiger partial charge >= 0.3 is 0 Å². The van der Waals surface area contributed by atoms with Gasteiger partial charge in [-0.25, -0.2) is 19.9 Å². The van der Waals surface area contributed by atoms with Crippen molar-refractivity contribution in [2.24, 2.45) is 0 Å². The third-order valence-electron chi connectivity index (χ3n) is 10.8. The molecular weight excluding hydrogens is 681 g/mol. The van der Waals surface area contributed by atoms with Gasteiger partial charge in [0, 0.05) is 38.4 Å². The fourth-order valence-electron chi connectivity index (χ4n) is 8.05. The SMILES string of the molecule is c1cc(-c2cccc(-c3nc4ccccc4c4c3ccc3ccccc34)c2)cc(-c2nc(-c3ccc4ccccc4c3)nc(-c3ccc4ccccc4c3)n2)c1. The van der Waals surface area contributed by atoms with Crippen LogP contribution in [0.25, 0.3) is 111 Å². The summed E-state index contributed by atoms with van der Waals surface area (Å²) in [5.41, 5.74) is 7.99. The van der Waals surface area contributed by atoms with Crippen molar-refractivity contribution in [3.05, 3.63) is 194 Å². The molecule has 0 saturated carbocycles. The Balaban J connectivity index is 1.05. The molecule has 0 saturated heterocycles. The molecule has 11 rings (SSSR count). The Kier molecular flexibility index (Phi) is 7.46. The lowest BCUT2D eigenvalue weighted by Gasteiger charge is -2.14. The first-order valence-electron chi connectivity index (χ1n) is 18.9. The van der Waals surface area contributed by atoms with Crippen molar-refractivity contribution in [3.8, 4) is 56.5 Å². The molecule has 4 nitrogen and oxygen atoms in total. The highest BCUT2D eigenvalue weighted by atomic mass is 15.0. The molecule has 0 atom stereocenters. The van der Waals surface area contributed by atoms with Gasteiger partial charge in [0.25, 0.3) is 0 Å². The summed E-state index contributed by atoms with van der Waals surface area (Å²) in [4.78, 5) is 20.6. The normalized spacial score (nSPS) is 11.6. The number of hydrogen-bond acceptors (Lipinski definition) is 4. The Morgan fingerprint density at radius 2 is 0.714 bits per heavy atom. The fourth-order valence-corrected chi connectivity index (χ4v) is 8.05. The molecule has 260 valence electrons. The highest BCUT2D eigenvalue weighted by molar-refractivity contribution is 6.22. The van der Waals surface area contributed by atoms with Crippen molar-refractivity contribution in [1.82, 2.24) is 19.9 Å². The number of para-hydroxylation sites is 1. The van der Waals surface area contributed by atoms with Gasteiger partial charge in [-0.1, -0.05) is 164 Å². The van der Waals surface area contributed by atoms with Crippen LogP contribution in [0.2, 0.25) is 0 Å². The molecule has 0 N–H and O–H groups in total. The average molecular weight is 713 g/mol. The monoisotopic (exact) mass is 712 g/mol. The molecule has 0 spiro atoms. The first-order valence-corrected chi connectivity index (χ1v) is 18.9. The fraction of sp³-hybridized carbons (Fsp3) is 0. The third kappa shape index (κ3) is 5.55. The van der Waals surface area contributed by atoms with E-state index in [1.54, 1.807) is 0 Å². The van der Waals surface area contributed by atoms with Gasteiger partial charge in [0.1, 0.15) is 0 Å². The van der Waals surface area contributed by atoms with Crippen LogP contribution < -0.4 is 0 Å². The molecule has 2 heterocycles. The summed E-state index contributed by atoms with van der Waals surface area (Å²) in [6.45, 7) is 0. The number of rotatable bonds is 5. The molecule has 0 amide bonds. The van der Waals surface area contributed by atoms with E-state index in [4.69, 9.17) is 19.9 Å². The largest absolute Gasteiger partial charge is 0.247 e. The summed E-state index contributed by atoms with van der Waals surface area (Å²) in [7, 11) is 0. The second kappa shape index (κ2) is 13.1. The number of pyridine rings is 1. The number of hydrogen-bond donors (Lipinski definition) is 0. The van der Waals surface area contributed by atoms with E-state index in [2.05, 4.69) is 194 Å². The van der Waals surface area contributed by atoms with Gasteiger partial charge in [0.05, 0.1) is 11.2 Å². The average Bonchev–Trinajstić information content (AvgIpc) is 3.28. The van der Waals surface area contributed by atoms with Crippen molar-refractivity contribution in [1.29, 1.82) is 0 Å². The van der Waals surface area contributed by atoms with Gasteiger partial charge < -0.3 is 0 Å². The van der Waals surface area contributed by atoms with Gasteiger partial charge in [-0.15, -0.1) is 0 Å². The number of aromatic nitrogens is 4. The molecule has 56 heavy (non-hydrogen) atoms. The van der Waals surface area contributed by atoms with Crippen molar-refractivity contribution < 1.29 is 0 Å². The molecule has 0 fully saturated rings. The molecule has 0 bridgehead atoms. The van der Waals surface area contributed by atoms with Crippen molar-refractivity contribution >= 4 is 54.0 Å². The third-order valence-corrected chi connectivity index (χ3v) is 10.8. The number of fused-ring (bicyclic) bond motifs is 7. The van der Waals surface area contributed by atoms with E-state index >= 15 is 0 Å². The zero-order chi connectivity index (χ0) is 37.0. The quantitative estimate of drug-likeness (QED) is 0.167. The van der Waals surface area contributed by atoms with Crippen LogP contribution in [-0.4, -0.2) is 19.9 Å². The maximum Gasteiger partial charge on any atom is 0.164 e. The Morgan fingerprint density at radius 1 is 0.250 bits per heavy atom. The smallest absolute Gasteiger partial charge is 0.164 e. The zero-order valence-electron chi connectivity index (χ0n) is 30.3. The van der Waals surface area contributed by atoms with Gasteiger partial charge in [0.15, 0.2) is 17.5 Å². The van der Waals surface area contributed by atoms with Crippen LogP contribution in [0.3, 0.4) is 0 Å². The van der Waals surface area contributed by atoms with E-state index < -0.39 is 0 Å². The van der Waals surface area contributed by atoms with Crippen LogP contribution >= 0.6 is 0 Å². The first kappa shape index (κ1) is 31.9. The summed E-state index contributed by atoms with van der Waals surface area (Å²) in [5.74, 6) is 1.90. The van der Waals surface area contributed by atoms with Crippen LogP contribution in [0.1, 0.15) is 0 Å². The number of nitrogens with zero attached hydrogens (tertiary/aromatic N) is 4. The second-order valence-electron chi connectivity index (χ2n) is 14.3. The summed E-state index contributed by atoms with van der Waals surface area (Å²) < 4.78 is 0. The first-order chi connectivity index (χ1) is 27.7. The standard InChI is InChI=1S/C52H32N4/c1-3-14-36-30-42(25-23-33(36)11-1)51-54-50(55-52(56-51)43-26-24-34-12-2-4-15-37(34)31-43)41-19-10-17-39(32-41)38-16-9-18-40(29-38)49-46-28-27-35-13-5-6-20-44(35)48(46)45-21-7-8-22-47(45)53-49/h1-32H. The molecule has 0 radical (unpaired) electrons. The molecule has 0 aliphatic rings. The van der Waals surface area contributed by atoms with E-state index in [1.807, 2.05) is 0 Å². The van der Waals surface area contributed by atoms with E-state index in [0.29, 0.717) is 17.5 Å². The van der Waals surface area contributed by atoms with E-state index in [0.717, 1.165) is 66.1 Å². The Bertz CT molecular complexity index is 3220. The summed E-state index contributed by atoms with van der Waals surface area (Å²) in [6, 6.07) is 68.2. The predicted octanol–water partition coefficient (Wildman–Crippen LogP) is 13.4. The van der Waals surface area contributed by atoms with E-state index in [1.165, 1.54) is 26.9 Å². The molecule has 2 aromatic heterocycles. The molecular formula is C52H32N4. The van der Waals surface area contributed by atoms with Crippen LogP contribution in [0.15, 0.2) is 194 Å². The summed E-state index contributed by atoms with van der Waals surface area (Å²) >= 11 is 0. The van der Waals surface area contributed by atoms with Crippen LogP contribution in [0, 0.1) is 0 Å². The van der Waals surface area contributed by atoms with Crippen molar-refractivity contribution in [2.75, 3.05) is 0 Å². The van der Waals surface area contributed by atoms with Gasteiger partial charge in [-0.2, -0.15) is 0 Å². The lowest BCUT2D eigenvalue weighted by Crippen LogP contribution is -2.00. The van der Waals surface area contributed by atoms with E-state index in [9.17, 15) is 0 Å². The molecule has 11 aromatic rings. The van der Waals surface area contributed by atoms with Gasteiger partial charge in [-0.05, 0) is 73.8 Å². The van der Waals surface area contributed by atoms with Crippen molar-refractivity contribution in [2.45, 2.75) is 0 Å². The molecule has 9 aromatic carbocycles. The Morgan fingerprint density at radius 3 is 1.36 bits per heavy atom. The van der Waals surface area contributed by atoms with Crippen LogP contribution in [0.4, 0.5) is 0 Å². The number of benzene rings is 9. The lowest BCUT2D eigenvalue weighted by atomic mass is 9.94. The summed E-state index contributed by atoms with van der Waals surface area (Å²) in [5, 5.41) is 10.6. The summed E-state index contributed by atoms with van der Waals surface area (Å²) in [6.07, 6.45) is 0. The Labute approximate surface area is 323 Å². The highest BCUT2D eigenvalue weighted by Crippen LogP contribution is 2.38. The van der Waals surface area contributed by atoms with Crippen LogP contribution in [0.5, 0.6) is 0 Å². The minimum atomic E-state index is 0.624. The van der Waals surface area contributed by atoms with Gasteiger partial charge in [-0.3, -0.25) is 0 Å². The van der Waals surface area contributed by atoms with Gasteiger partial charge in [0.2, 0.25) is 0 Å². The van der Waals surface area contributed by atoms with Crippen molar-refractivity contribution in [3.63, 3.8) is 0 Å². The minimum absolute atomic E-state index is 0.624. The minimum Gasteiger partial charge on any atom is -0.247 e. The van der Waals surface area contributed by atoms with Crippen LogP contribution in [-0.2, 0) is 0 Å². The zero-order valence-corrected chi connectivity index (χ0v) is 30.3. The molecule has 0 aliphatic carbocycles. The Hall–Kier alpha value is -7.56. The predicted molar refractivity (Wildman–Crippen MR) is 232 cm³/mol.